The number of aromatic amines is 1. The number of alkyl halides is 3. The molecule has 0 radical (unpaired) electrons. The Hall–Kier alpha value is -2.62. The maximum Gasteiger partial charge on any atom is 0.417 e. The summed E-state index contributed by atoms with van der Waals surface area (Å²) < 4.78 is 65.3. The van der Waals surface area contributed by atoms with E-state index in [0.29, 0.717) is 37.3 Å². The van der Waals surface area contributed by atoms with Crippen molar-refractivity contribution in [2.24, 2.45) is 16.6 Å². The summed E-state index contributed by atoms with van der Waals surface area (Å²) in [7, 11) is -4.79. The van der Waals surface area contributed by atoms with Crippen molar-refractivity contribution in [3.05, 3.63) is 23.3 Å². The molecule has 1 aliphatic rings. The molecule has 15 heteroatoms. The van der Waals surface area contributed by atoms with Crippen LogP contribution < -0.4 is 21.9 Å². The topological polar surface area (TPSA) is 196 Å². The van der Waals surface area contributed by atoms with Gasteiger partial charge in [-0.2, -0.15) is 13.2 Å². The van der Waals surface area contributed by atoms with Crippen LogP contribution in [0.15, 0.2) is 17.0 Å². The van der Waals surface area contributed by atoms with Gasteiger partial charge in [-0.1, -0.05) is 6.07 Å². The first-order valence-corrected chi connectivity index (χ1v) is 11.2. The Morgan fingerprint density at radius 1 is 1.25 bits per heavy atom. The molecule has 1 aromatic carbocycles. The summed E-state index contributed by atoms with van der Waals surface area (Å²) in [6, 6.07) is 0.921. The zero-order valence-corrected chi connectivity index (χ0v) is 17.6. The number of halogens is 3. The minimum atomic E-state index is -4.97. The van der Waals surface area contributed by atoms with Gasteiger partial charge < -0.3 is 16.8 Å². The smallest absolute Gasteiger partial charge is 0.352 e. The van der Waals surface area contributed by atoms with Crippen LogP contribution in [0.1, 0.15) is 42.7 Å². The third-order valence-corrected chi connectivity index (χ3v) is 6.46. The Morgan fingerprint density at radius 2 is 1.91 bits per heavy atom. The van der Waals surface area contributed by atoms with Gasteiger partial charge in [0.1, 0.15) is 4.90 Å². The molecule has 1 aromatic heterocycles. The fraction of sp³-hybridized carbons (Fsp3) is 0.529. The van der Waals surface area contributed by atoms with Gasteiger partial charge in [-0.15, -0.1) is 5.10 Å². The lowest BCUT2D eigenvalue weighted by molar-refractivity contribution is -0.139. The zero-order chi connectivity index (χ0) is 23.7. The number of hydrogen-bond donors (Lipinski definition) is 5. The van der Waals surface area contributed by atoms with Crippen LogP contribution >= 0.6 is 0 Å². The Morgan fingerprint density at radius 3 is 2.41 bits per heavy atom. The van der Waals surface area contributed by atoms with Gasteiger partial charge in [-0.25, -0.2) is 18.7 Å². The number of H-pyrrole nitrogens is 1. The number of nitrogens with one attached hydrogen (secondary N) is 2. The van der Waals surface area contributed by atoms with Gasteiger partial charge in [0.2, 0.25) is 15.9 Å². The molecule has 0 aliphatic heterocycles. The van der Waals surface area contributed by atoms with E-state index in [-0.39, 0.29) is 35.8 Å². The minimum Gasteiger partial charge on any atom is -0.352 e. The Labute approximate surface area is 181 Å². The fourth-order valence-corrected chi connectivity index (χ4v) is 4.92. The van der Waals surface area contributed by atoms with Crippen molar-refractivity contribution in [2.75, 3.05) is 6.54 Å². The molecule has 8 N–H and O–H groups in total. The van der Waals surface area contributed by atoms with E-state index in [0.717, 1.165) is 0 Å². The van der Waals surface area contributed by atoms with Crippen molar-refractivity contribution >= 4 is 15.9 Å². The average molecular weight is 476 g/mol. The molecule has 0 unspecified atom stereocenters. The summed E-state index contributed by atoms with van der Waals surface area (Å²) in [6.07, 6.45) is -3.02. The zero-order valence-electron chi connectivity index (χ0n) is 16.8. The molecule has 2 aromatic rings. The molecule has 1 heterocycles. The van der Waals surface area contributed by atoms with E-state index in [1.165, 1.54) is 6.07 Å². The van der Waals surface area contributed by atoms with Crippen LogP contribution in [-0.2, 0) is 21.0 Å². The number of rotatable bonds is 6. The molecule has 1 fully saturated rings. The summed E-state index contributed by atoms with van der Waals surface area (Å²) in [5.41, 5.74) is 9.63. The van der Waals surface area contributed by atoms with Crippen LogP contribution in [0.3, 0.4) is 0 Å². The monoisotopic (exact) mass is 476 g/mol. The second-order valence-electron chi connectivity index (χ2n) is 7.60. The van der Waals surface area contributed by atoms with Crippen LogP contribution in [0.25, 0.3) is 11.4 Å². The highest BCUT2D eigenvalue weighted by molar-refractivity contribution is 7.89. The highest BCUT2D eigenvalue weighted by atomic mass is 32.2. The first-order valence-electron chi connectivity index (χ1n) is 9.70. The summed E-state index contributed by atoms with van der Waals surface area (Å²) in [5.74, 6) is -0.927. The first kappa shape index (κ1) is 24.0. The van der Waals surface area contributed by atoms with Crippen molar-refractivity contribution in [3.8, 4) is 11.4 Å². The normalized spacial score (nSPS) is 20.7. The average Bonchev–Trinajstić information content (AvgIpc) is 3.26. The maximum atomic E-state index is 13.6. The van der Waals surface area contributed by atoms with Gasteiger partial charge in [0.05, 0.1) is 11.6 Å². The number of nitrogens with two attached hydrogens (primary N) is 3. The van der Waals surface area contributed by atoms with Gasteiger partial charge in [0.25, 0.3) is 0 Å². The second kappa shape index (κ2) is 9.09. The molecule has 1 atom stereocenters. The Bertz CT molecular complexity index is 1070. The molecular formula is C17H23F3N8O3S. The van der Waals surface area contributed by atoms with Crippen molar-refractivity contribution in [1.29, 1.82) is 0 Å². The van der Waals surface area contributed by atoms with E-state index in [1.807, 2.05) is 0 Å². The molecule has 176 valence electrons. The fourth-order valence-electron chi connectivity index (χ4n) is 3.93. The summed E-state index contributed by atoms with van der Waals surface area (Å²) >= 11 is 0. The standard InChI is InChI=1S/C17H23F3N8O3S/c18-17(19,20)11-6-5-10(13(14(11)32(23,30)31)15-25-27-28-26-15)8-1-3-9(4-2-8)24-16(29)12(22)7-21/h5-6,8-9,12H,1-4,7,21-22H2,(H,24,29)(H2,23,30,31)(H,25,26,27,28)/t8-,9-,12-/m0/s1. The summed E-state index contributed by atoms with van der Waals surface area (Å²) in [5, 5.41) is 20.7. The number of primary sulfonamides is 1. The number of carbonyl (C=O) groups excluding carboxylic acids is 1. The predicted octanol–water partition coefficient (Wildman–Crippen LogP) is -0.0387. The molecule has 11 nitrogen and oxygen atoms in total. The number of carbonyl (C=O) groups is 1. The number of hydrogen-bond acceptors (Lipinski definition) is 8. The summed E-state index contributed by atoms with van der Waals surface area (Å²) in [6.45, 7) is -0.00233. The second-order valence-corrected chi connectivity index (χ2v) is 9.10. The molecular weight excluding hydrogens is 453 g/mol. The first-order chi connectivity index (χ1) is 14.9. The highest BCUT2D eigenvalue weighted by Crippen LogP contribution is 2.44. The van der Waals surface area contributed by atoms with Crippen LogP contribution in [0.4, 0.5) is 13.2 Å². The molecule has 1 saturated carbocycles. The van der Waals surface area contributed by atoms with Crippen LogP contribution in [0.5, 0.6) is 0 Å². The number of aromatic nitrogens is 4. The van der Waals surface area contributed by atoms with Gasteiger partial charge >= 0.3 is 6.18 Å². The van der Waals surface area contributed by atoms with E-state index in [2.05, 4.69) is 25.9 Å². The lowest BCUT2D eigenvalue weighted by atomic mass is 9.79. The number of benzene rings is 1. The molecule has 3 rings (SSSR count). The van der Waals surface area contributed by atoms with Crippen molar-refractivity contribution in [3.63, 3.8) is 0 Å². The Kier molecular flexibility index (Phi) is 6.83. The van der Waals surface area contributed by atoms with Crippen LogP contribution in [0.2, 0.25) is 0 Å². The number of sulfonamides is 1. The van der Waals surface area contributed by atoms with Crippen molar-refractivity contribution in [1.82, 2.24) is 25.9 Å². The van der Waals surface area contributed by atoms with Crippen molar-refractivity contribution in [2.45, 2.75) is 54.8 Å². The van der Waals surface area contributed by atoms with Crippen molar-refractivity contribution < 1.29 is 26.4 Å². The number of nitrogens with zero attached hydrogens (tertiary/aromatic N) is 3. The third-order valence-electron chi connectivity index (χ3n) is 5.47. The van der Waals surface area contributed by atoms with Gasteiger partial charge in [0, 0.05) is 18.2 Å². The highest BCUT2D eigenvalue weighted by Gasteiger charge is 2.40. The predicted molar refractivity (Wildman–Crippen MR) is 106 cm³/mol. The van der Waals surface area contributed by atoms with Gasteiger partial charge in [-0.05, 0) is 53.7 Å². The third kappa shape index (κ3) is 5.06. The molecule has 0 spiro atoms. The van der Waals surface area contributed by atoms with Crippen LogP contribution in [0, 0.1) is 0 Å². The van der Waals surface area contributed by atoms with E-state index in [1.54, 1.807) is 0 Å². The maximum absolute atomic E-state index is 13.6. The Balaban J connectivity index is 1.99. The van der Waals surface area contributed by atoms with E-state index in [9.17, 15) is 26.4 Å². The van der Waals surface area contributed by atoms with Gasteiger partial charge in [0.15, 0.2) is 5.82 Å². The molecule has 1 amide bonds. The lowest BCUT2D eigenvalue weighted by Crippen LogP contribution is -2.49. The quantitative estimate of drug-likeness (QED) is 0.383. The van der Waals surface area contributed by atoms with E-state index < -0.39 is 32.7 Å². The molecule has 0 bridgehead atoms. The summed E-state index contributed by atoms with van der Waals surface area (Å²) in [4.78, 5) is 10.9. The molecule has 0 saturated heterocycles. The SMILES string of the molecule is NC[C@H](N)C(=O)N[C@H]1CC[C@H](c2ccc(C(F)(F)F)c(S(N)(=O)=O)c2-c2nnn[nH]2)CC1. The van der Waals surface area contributed by atoms with Gasteiger partial charge in [-0.3, -0.25) is 4.79 Å². The number of tetrazole rings is 1. The molecule has 32 heavy (non-hydrogen) atoms. The minimum absolute atomic E-state index is 0.00233. The lowest BCUT2D eigenvalue weighted by Gasteiger charge is -2.31. The number of amides is 1. The largest absolute Gasteiger partial charge is 0.417 e. The van der Waals surface area contributed by atoms with E-state index in [4.69, 9.17) is 16.6 Å². The van der Waals surface area contributed by atoms with Crippen LogP contribution in [-0.4, -0.2) is 53.6 Å². The van der Waals surface area contributed by atoms with E-state index >= 15 is 0 Å². The molecule has 1 aliphatic carbocycles.